The largest absolute Gasteiger partial charge is 0.441 e. The van der Waals surface area contributed by atoms with Gasteiger partial charge in [-0.1, -0.05) is 0 Å². The van der Waals surface area contributed by atoms with Crippen LogP contribution in [-0.4, -0.2) is 43.6 Å². The molecule has 0 spiro atoms. The Kier molecular flexibility index (Phi) is 6.26. The fourth-order valence-electron chi connectivity index (χ4n) is 3.95. The van der Waals surface area contributed by atoms with Crippen molar-refractivity contribution in [2.45, 2.75) is 45.1 Å². The zero-order chi connectivity index (χ0) is 22.0. The quantitative estimate of drug-likeness (QED) is 0.572. The number of aryl methyl sites for hydroxylation is 1. The molecule has 3 aromatic rings. The predicted molar refractivity (Wildman–Crippen MR) is 112 cm³/mol. The van der Waals surface area contributed by atoms with Gasteiger partial charge >= 0.3 is 0 Å². The number of aromatic amines is 1. The third-order valence-corrected chi connectivity index (χ3v) is 5.93. The van der Waals surface area contributed by atoms with Crippen molar-refractivity contribution in [2.24, 2.45) is 0 Å². The number of nitrogens with zero attached hydrogens (tertiary/aromatic N) is 4. The number of carbonyl (C=O) groups is 1. The Bertz CT molecular complexity index is 1130. The molecule has 4 rings (SSSR count). The lowest BCUT2D eigenvalue weighted by atomic mass is 9.95. The Balaban J connectivity index is 1.31. The molecule has 1 aliphatic rings. The molecule has 1 N–H and O–H groups in total. The molecule has 31 heavy (non-hydrogen) atoms. The molecule has 0 unspecified atom stereocenters. The maximum absolute atomic E-state index is 13.9. The SMILES string of the molecule is CCn1c(C2CCN(C(=O)CCc3ncc(-c4ccc(F)cc4F)o3)CC2)n[nH]c1=S. The van der Waals surface area contributed by atoms with E-state index in [-0.39, 0.29) is 29.6 Å². The average Bonchev–Trinajstić information content (AvgIpc) is 3.38. The topological polar surface area (TPSA) is 79.9 Å². The molecule has 3 heterocycles. The summed E-state index contributed by atoms with van der Waals surface area (Å²) in [5.74, 6) is 0.450. The van der Waals surface area contributed by atoms with Crippen LogP contribution in [0.1, 0.15) is 43.8 Å². The van der Waals surface area contributed by atoms with Gasteiger partial charge in [-0.15, -0.1) is 0 Å². The number of oxazole rings is 1. The van der Waals surface area contributed by atoms with E-state index in [1.54, 1.807) is 0 Å². The zero-order valence-electron chi connectivity index (χ0n) is 17.1. The van der Waals surface area contributed by atoms with E-state index in [1.807, 2.05) is 16.4 Å². The molecule has 10 heteroatoms. The minimum atomic E-state index is -0.717. The first-order chi connectivity index (χ1) is 15.0. The second-order valence-corrected chi connectivity index (χ2v) is 7.92. The molecule has 0 saturated carbocycles. The first kappa shape index (κ1) is 21.4. The van der Waals surface area contributed by atoms with Crippen molar-refractivity contribution in [1.29, 1.82) is 0 Å². The smallest absolute Gasteiger partial charge is 0.223 e. The molecule has 164 valence electrons. The summed E-state index contributed by atoms with van der Waals surface area (Å²) in [4.78, 5) is 18.6. The van der Waals surface area contributed by atoms with E-state index in [1.165, 1.54) is 12.3 Å². The lowest BCUT2D eigenvalue weighted by molar-refractivity contribution is -0.132. The summed E-state index contributed by atoms with van der Waals surface area (Å²) in [6.07, 6.45) is 3.62. The standard InChI is InChI=1S/C21H23F2N5O2S/c1-2-28-20(25-26-21(28)31)13-7-9-27(10-8-13)19(29)6-5-18-24-12-17(30-18)15-4-3-14(22)11-16(15)23/h3-4,11-13H,2,5-10H2,1H3,(H,26,31). The van der Waals surface area contributed by atoms with Crippen molar-refractivity contribution < 1.29 is 18.0 Å². The van der Waals surface area contributed by atoms with E-state index in [9.17, 15) is 13.6 Å². The van der Waals surface area contributed by atoms with Gasteiger partial charge in [-0.25, -0.2) is 13.8 Å². The molecule has 1 aliphatic heterocycles. The van der Waals surface area contributed by atoms with Crippen molar-refractivity contribution in [3.8, 4) is 11.3 Å². The molecule has 0 atom stereocenters. The number of piperidine rings is 1. The highest BCUT2D eigenvalue weighted by Gasteiger charge is 2.27. The molecular formula is C21H23F2N5O2S. The van der Waals surface area contributed by atoms with Crippen LogP contribution in [0, 0.1) is 16.4 Å². The monoisotopic (exact) mass is 447 g/mol. The first-order valence-corrected chi connectivity index (χ1v) is 10.7. The van der Waals surface area contributed by atoms with Gasteiger partial charge in [0.15, 0.2) is 16.4 Å². The summed E-state index contributed by atoms with van der Waals surface area (Å²) >= 11 is 5.26. The van der Waals surface area contributed by atoms with Crippen LogP contribution >= 0.6 is 12.2 Å². The van der Waals surface area contributed by atoms with E-state index in [2.05, 4.69) is 15.2 Å². The number of benzene rings is 1. The molecule has 1 aromatic carbocycles. The van der Waals surface area contributed by atoms with Crippen molar-refractivity contribution >= 4 is 18.1 Å². The summed E-state index contributed by atoms with van der Waals surface area (Å²) in [5.41, 5.74) is 0.137. The zero-order valence-corrected chi connectivity index (χ0v) is 17.9. The second kappa shape index (κ2) is 9.09. The summed E-state index contributed by atoms with van der Waals surface area (Å²) in [6, 6.07) is 3.26. The van der Waals surface area contributed by atoms with Crippen molar-refractivity contribution in [2.75, 3.05) is 13.1 Å². The molecule has 0 radical (unpaired) electrons. The highest BCUT2D eigenvalue weighted by atomic mass is 32.1. The number of likely N-dealkylation sites (tertiary alicyclic amines) is 1. The van der Waals surface area contributed by atoms with Crippen LogP contribution in [0.2, 0.25) is 0 Å². The summed E-state index contributed by atoms with van der Waals surface area (Å²) in [5, 5.41) is 7.22. The van der Waals surface area contributed by atoms with E-state index in [0.29, 0.717) is 30.2 Å². The predicted octanol–water partition coefficient (Wildman–Crippen LogP) is 4.23. The van der Waals surface area contributed by atoms with Crippen LogP contribution in [0.5, 0.6) is 0 Å². The third-order valence-electron chi connectivity index (χ3n) is 5.62. The van der Waals surface area contributed by atoms with Gasteiger partial charge in [-0.05, 0) is 44.1 Å². The van der Waals surface area contributed by atoms with Gasteiger partial charge in [0.25, 0.3) is 0 Å². The van der Waals surface area contributed by atoms with Crippen LogP contribution in [0.3, 0.4) is 0 Å². The highest BCUT2D eigenvalue weighted by Crippen LogP contribution is 2.28. The average molecular weight is 448 g/mol. The maximum atomic E-state index is 13.9. The fourth-order valence-corrected chi connectivity index (χ4v) is 4.21. The lowest BCUT2D eigenvalue weighted by Crippen LogP contribution is -2.38. The summed E-state index contributed by atoms with van der Waals surface area (Å²) in [7, 11) is 0. The van der Waals surface area contributed by atoms with Gasteiger partial charge in [0.2, 0.25) is 5.91 Å². The number of H-pyrrole nitrogens is 1. The number of hydrogen-bond donors (Lipinski definition) is 1. The fraction of sp³-hybridized carbons (Fsp3) is 0.429. The van der Waals surface area contributed by atoms with Crippen molar-refractivity contribution in [3.05, 3.63) is 52.5 Å². The Labute approximate surface area is 183 Å². The molecule has 1 fully saturated rings. The van der Waals surface area contributed by atoms with Crippen LogP contribution in [-0.2, 0) is 17.8 Å². The Hall–Kier alpha value is -2.88. The minimum Gasteiger partial charge on any atom is -0.441 e. The van der Waals surface area contributed by atoms with Crippen LogP contribution in [0.25, 0.3) is 11.3 Å². The van der Waals surface area contributed by atoms with Crippen molar-refractivity contribution in [3.63, 3.8) is 0 Å². The summed E-state index contributed by atoms with van der Waals surface area (Å²) in [6.45, 7) is 4.12. The number of aromatic nitrogens is 4. The Morgan fingerprint density at radius 1 is 1.32 bits per heavy atom. The number of rotatable bonds is 6. The van der Waals surface area contributed by atoms with Crippen LogP contribution in [0.15, 0.2) is 28.8 Å². The molecule has 1 amide bonds. The van der Waals surface area contributed by atoms with Gasteiger partial charge in [0.05, 0.1) is 11.8 Å². The third kappa shape index (κ3) is 4.58. The maximum Gasteiger partial charge on any atom is 0.223 e. The van der Waals surface area contributed by atoms with Crippen molar-refractivity contribution in [1.82, 2.24) is 24.6 Å². The van der Waals surface area contributed by atoms with Gasteiger partial charge in [0.1, 0.15) is 17.5 Å². The summed E-state index contributed by atoms with van der Waals surface area (Å²) < 4.78 is 35.2. The number of hydrogen-bond acceptors (Lipinski definition) is 5. The lowest BCUT2D eigenvalue weighted by Gasteiger charge is -2.31. The minimum absolute atomic E-state index is 0.0283. The van der Waals surface area contributed by atoms with E-state index >= 15 is 0 Å². The van der Waals surface area contributed by atoms with E-state index in [4.69, 9.17) is 16.6 Å². The van der Waals surface area contributed by atoms with Gasteiger partial charge in [-0.2, -0.15) is 5.10 Å². The van der Waals surface area contributed by atoms with Crippen LogP contribution < -0.4 is 0 Å². The van der Waals surface area contributed by atoms with Gasteiger partial charge < -0.3 is 13.9 Å². The van der Waals surface area contributed by atoms with Crippen LogP contribution in [0.4, 0.5) is 8.78 Å². The molecular weight excluding hydrogens is 424 g/mol. The molecule has 0 bridgehead atoms. The molecule has 0 aliphatic carbocycles. The number of amides is 1. The van der Waals surface area contributed by atoms with E-state index < -0.39 is 11.6 Å². The Morgan fingerprint density at radius 2 is 2.10 bits per heavy atom. The second-order valence-electron chi connectivity index (χ2n) is 7.53. The van der Waals surface area contributed by atoms with Gasteiger partial charge in [0, 0.05) is 44.5 Å². The molecule has 7 nitrogen and oxygen atoms in total. The molecule has 1 saturated heterocycles. The number of halogens is 2. The van der Waals surface area contributed by atoms with Gasteiger partial charge in [-0.3, -0.25) is 9.89 Å². The number of nitrogens with one attached hydrogen (secondary N) is 1. The number of carbonyl (C=O) groups excluding carboxylic acids is 1. The normalized spacial score (nSPS) is 14.9. The van der Waals surface area contributed by atoms with E-state index in [0.717, 1.165) is 37.3 Å². The highest BCUT2D eigenvalue weighted by molar-refractivity contribution is 7.71. The molecule has 2 aromatic heterocycles. The Morgan fingerprint density at radius 3 is 2.81 bits per heavy atom. The first-order valence-electron chi connectivity index (χ1n) is 10.3.